The fourth-order valence-corrected chi connectivity index (χ4v) is 5.38. The smallest absolute Gasteiger partial charge is 0.147 e. The van der Waals surface area contributed by atoms with Crippen LogP contribution >= 0.6 is 0 Å². The Balaban J connectivity index is 1.56. The van der Waals surface area contributed by atoms with Gasteiger partial charge in [-0.05, 0) is 30.2 Å². The predicted molar refractivity (Wildman–Crippen MR) is 130 cm³/mol. The number of hydrogen-bond donors (Lipinski definition) is 0. The zero-order valence-electron chi connectivity index (χ0n) is 20.4. The van der Waals surface area contributed by atoms with Gasteiger partial charge in [-0.25, -0.2) is 0 Å². The zero-order valence-corrected chi connectivity index (χ0v) is 20.4. The van der Waals surface area contributed by atoms with Crippen LogP contribution in [0, 0.1) is 23.7 Å². The van der Waals surface area contributed by atoms with E-state index in [1.807, 2.05) is 54.6 Å². The highest BCUT2D eigenvalue weighted by atomic mass is 16.6. The van der Waals surface area contributed by atoms with Crippen LogP contribution in [0.5, 0.6) is 5.75 Å². The number of ether oxygens (including phenoxy) is 4. The van der Waals surface area contributed by atoms with Gasteiger partial charge in [0.15, 0.2) is 0 Å². The van der Waals surface area contributed by atoms with Crippen molar-refractivity contribution in [3.05, 3.63) is 71.6 Å². The van der Waals surface area contributed by atoms with Crippen LogP contribution in [0.4, 0.5) is 0 Å². The summed E-state index contributed by atoms with van der Waals surface area (Å²) in [5, 5.41) is 0. The first kappa shape index (κ1) is 24.5. The first-order chi connectivity index (χ1) is 16.3. The number of benzene rings is 2. The van der Waals surface area contributed by atoms with Crippen LogP contribution in [0.25, 0.3) is 0 Å². The van der Waals surface area contributed by atoms with Gasteiger partial charge in [0, 0.05) is 24.2 Å². The molecule has 4 rings (SSSR count). The average Bonchev–Trinajstić information content (AvgIpc) is 3.32. The third kappa shape index (κ3) is 4.63. The number of ketones is 1. The van der Waals surface area contributed by atoms with Crippen molar-refractivity contribution in [3.63, 3.8) is 0 Å². The van der Waals surface area contributed by atoms with Crippen LogP contribution < -0.4 is 4.74 Å². The lowest BCUT2D eigenvalue weighted by atomic mass is 9.59. The predicted octanol–water partition coefficient (Wildman–Crippen LogP) is 4.92. The molecule has 2 aromatic carbocycles. The number of rotatable bonds is 10. The Morgan fingerprint density at radius 3 is 2.41 bits per heavy atom. The van der Waals surface area contributed by atoms with E-state index in [-0.39, 0.29) is 23.4 Å². The quantitative estimate of drug-likeness (QED) is 0.470. The van der Waals surface area contributed by atoms with Crippen LogP contribution in [0.3, 0.4) is 0 Å². The lowest BCUT2D eigenvalue weighted by Gasteiger charge is -2.44. The molecule has 2 aliphatic rings. The molecule has 0 N–H and O–H groups in total. The SMILES string of the molecule is C#CC(OCc1ccc(OC)cc1)[C@]12C[C@H](OCc3ccccc3)[C@H](O1)C(C)(C)[C]2CC(C)=O. The molecule has 2 aliphatic heterocycles. The number of hydrogen-bond acceptors (Lipinski definition) is 5. The van der Waals surface area contributed by atoms with Crippen molar-refractivity contribution >= 4 is 5.78 Å². The summed E-state index contributed by atoms with van der Waals surface area (Å²) in [6.07, 6.45) is 5.91. The minimum absolute atomic E-state index is 0.0891. The number of methoxy groups -OCH3 is 1. The van der Waals surface area contributed by atoms with Crippen molar-refractivity contribution < 1.29 is 23.7 Å². The molecule has 2 heterocycles. The van der Waals surface area contributed by atoms with Crippen LogP contribution in [0.2, 0.25) is 0 Å². The molecule has 2 aromatic rings. The molecule has 2 saturated heterocycles. The second-order valence-electron chi connectivity index (χ2n) is 9.75. The average molecular weight is 462 g/mol. The standard InChI is InChI=1S/C29H33O5/c1-6-26(33-19-22-12-14-23(31-5)15-13-22)29-17-24(32-18-21-10-8-7-9-11-21)27(34-29)28(3,4)25(29)16-20(2)30/h1,7-15,24,26-27H,16-19H2,2-5H3/t24-,26?,27-,29+/m0/s1. The lowest BCUT2D eigenvalue weighted by Crippen LogP contribution is -2.53. The Labute approximate surface area is 202 Å². The summed E-state index contributed by atoms with van der Waals surface area (Å²) < 4.78 is 24.5. The van der Waals surface area contributed by atoms with Gasteiger partial charge in [0.2, 0.25) is 0 Å². The molecule has 0 saturated carbocycles. The van der Waals surface area contributed by atoms with Gasteiger partial charge in [0.05, 0.1) is 32.5 Å². The number of fused-ring (bicyclic) bond motifs is 2. The van der Waals surface area contributed by atoms with Crippen molar-refractivity contribution in [1.29, 1.82) is 0 Å². The van der Waals surface area contributed by atoms with Crippen molar-refractivity contribution in [1.82, 2.24) is 0 Å². The summed E-state index contributed by atoms with van der Waals surface area (Å²) in [6, 6.07) is 17.8. The Morgan fingerprint density at radius 1 is 1.12 bits per heavy atom. The van der Waals surface area contributed by atoms with Gasteiger partial charge in [0.25, 0.3) is 0 Å². The molecule has 0 aromatic heterocycles. The normalized spacial score (nSPS) is 26.2. The maximum atomic E-state index is 12.2. The molecule has 5 heteroatoms. The van der Waals surface area contributed by atoms with Gasteiger partial charge < -0.3 is 23.7 Å². The van der Waals surface area contributed by atoms with Crippen molar-refractivity contribution in [2.45, 2.75) is 70.7 Å². The van der Waals surface area contributed by atoms with Crippen LogP contribution in [0.15, 0.2) is 54.6 Å². The van der Waals surface area contributed by atoms with Crippen molar-refractivity contribution in [2.75, 3.05) is 7.11 Å². The molecule has 34 heavy (non-hydrogen) atoms. The van der Waals surface area contributed by atoms with Gasteiger partial charge in [-0.3, -0.25) is 0 Å². The molecule has 4 atom stereocenters. The molecule has 2 fully saturated rings. The third-order valence-corrected chi connectivity index (χ3v) is 7.06. The van der Waals surface area contributed by atoms with E-state index >= 15 is 0 Å². The van der Waals surface area contributed by atoms with Gasteiger partial charge in [-0.2, -0.15) is 0 Å². The number of terminal acetylenes is 1. The number of carbonyl (C=O) groups is 1. The van der Waals surface area contributed by atoms with E-state index in [1.54, 1.807) is 14.0 Å². The molecule has 0 spiro atoms. The molecule has 179 valence electrons. The van der Waals surface area contributed by atoms with Crippen molar-refractivity contribution in [3.8, 4) is 18.1 Å². The maximum Gasteiger partial charge on any atom is 0.147 e. The largest absolute Gasteiger partial charge is 0.497 e. The maximum absolute atomic E-state index is 12.2. The summed E-state index contributed by atoms with van der Waals surface area (Å²) in [7, 11) is 1.64. The Morgan fingerprint density at radius 2 is 1.79 bits per heavy atom. The first-order valence-electron chi connectivity index (χ1n) is 11.7. The van der Waals surface area contributed by atoms with Gasteiger partial charge in [0.1, 0.15) is 23.2 Å². The second-order valence-corrected chi connectivity index (χ2v) is 9.75. The van der Waals surface area contributed by atoms with Crippen LogP contribution in [0.1, 0.15) is 44.7 Å². The topological polar surface area (TPSA) is 54.0 Å². The number of carbonyl (C=O) groups excluding carboxylic acids is 1. The van der Waals surface area contributed by atoms with Gasteiger partial charge in [-0.1, -0.05) is 62.2 Å². The van der Waals surface area contributed by atoms with Crippen molar-refractivity contribution in [2.24, 2.45) is 5.41 Å². The summed E-state index contributed by atoms with van der Waals surface area (Å²) in [6.45, 7) is 6.67. The molecular formula is C29H33O5. The Kier molecular flexibility index (Phi) is 7.14. The van der Waals surface area contributed by atoms with E-state index in [9.17, 15) is 4.79 Å². The van der Waals surface area contributed by atoms with Crippen LogP contribution in [-0.4, -0.2) is 36.8 Å². The summed E-state index contributed by atoms with van der Waals surface area (Å²) in [5.41, 5.74) is 0.857. The Bertz CT molecular complexity index is 1020. The molecule has 5 nitrogen and oxygen atoms in total. The van der Waals surface area contributed by atoms with Gasteiger partial charge >= 0.3 is 0 Å². The fraction of sp³-hybridized carbons (Fsp3) is 0.448. The third-order valence-electron chi connectivity index (χ3n) is 7.06. The summed E-state index contributed by atoms with van der Waals surface area (Å²) >= 11 is 0. The number of Topliss-reactive ketones (excluding diaryl/α,β-unsaturated/α-hetero) is 1. The second kappa shape index (κ2) is 9.92. The van der Waals surface area contributed by atoms with Crippen LogP contribution in [-0.2, 0) is 32.2 Å². The van der Waals surface area contributed by atoms with E-state index in [0.29, 0.717) is 26.1 Å². The Hall–Kier alpha value is -2.65. The first-order valence-corrected chi connectivity index (χ1v) is 11.7. The zero-order chi connectivity index (χ0) is 24.3. The molecule has 1 radical (unpaired) electrons. The summed E-state index contributed by atoms with van der Waals surface area (Å²) in [4.78, 5) is 12.2. The minimum Gasteiger partial charge on any atom is -0.497 e. The van der Waals surface area contributed by atoms with E-state index in [1.165, 1.54) is 0 Å². The fourth-order valence-electron chi connectivity index (χ4n) is 5.38. The lowest BCUT2D eigenvalue weighted by molar-refractivity contribution is -0.118. The molecular weight excluding hydrogens is 428 g/mol. The molecule has 1 unspecified atom stereocenters. The molecule has 0 aliphatic carbocycles. The molecule has 0 amide bonds. The highest BCUT2D eigenvalue weighted by Crippen LogP contribution is 2.62. The monoisotopic (exact) mass is 461 g/mol. The molecule has 2 bridgehead atoms. The minimum atomic E-state index is -0.859. The highest BCUT2D eigenvalue weighted by Gasteiger charge is 2.70. The summed E-state index contributed by atoms with van der Waals surface area (Å²) in [5.74, 6) is 4.71. The van der Waals surface area contributed by atoms with E-state index in [4.69, 9.17) is 25.4 Å². The van der Waals surface area contributed by atoms with E-state index in [0.717, 1.165) is 22.8 Å². The highest BCUT2D eigenvalue weighted by molar-refractivity contribution is 5.78. The van der Waals surface area contributed by atoms with E-state index in [2.05, 4.69) is 19.8 Å². The van der Waals surface area contributed by atoms with Gasteiger partial charge in [-0.15, -0.1) is 6.42 Å². The van der Waals surface area contributed by atoms with E-state index < -0.39 is 11.7 Å².